The van der Waals surface area contributed by atoms with Gasteiger partial charge in [-0.15, -0.1) is 11.3 Å². The summed E-state index contributed by atoms with van der Waals surface area (Å²) >= 11 is 4.86. The Hall–Kier alpha value is -1.67. The number of rotatable bonds is 6. The summed E-state index contributed by atoms with van der Waals surface area (Å²) in [6, 6.07) is 6.06. The molecule has 1 aliphatic carbocycles. The van der Waals surface area contributed by atoms with Crippen LogP contribution in [0, 0.1) is 5.92 Å². The van der Waals surface area contributed by atoms with E-state index in [1.165, 1.54) is 11.3 Å². The Morgan fingerprint density at radius 3 is 2.69 bits per heavy atom. The molecule has 3 rings (SSSR count). The maximum absolute atomic E-state index is 12.1. The highest BCUT2D eigenvalue weighted by Crippen LogP contribution is 2.26. The summed E-state index contributed by atoms with van der Waals surface area (Å²) in [6.07, 6.45) is 6.12. The van der Waals surface area contributed by atoms with Crippen LogP contribution in [0.15, 0.2) is 28.2 Å². The zero-order chi connectivity index (χ0) is 18.5. The molecule has 0 radical (unpaired) electrons. The van der Waals surface area contributed by atoms with E-state index in [4.69, 9.17) is 0 Å². The lowest BCUT2D eigenvalue weighted by Crippen LogP contribution is -2.34. The second-order valence-electron chi connectivity index (χ2n) is 6.81. The SMILES string of the molecule is CN(C)c1ccnc(NC2CCC(CNC(=O)c3ccc(Br)s3)CC2)n1. The van der Waals surface area contributed by atoms with Crippen LogP contribution in [-0.2, 0) is 0 Å². The summed E-state index contributed by atoms with van der Waals surface area (Å²) in [4.78, 5) is 23.7. The van der Waals surface area contributed by atoms with Gasteiger partial charge in [-0.2, -0.15) is 4.98 Å². The maximum Gasteiger partial charge on any atom is 0.261 e. The highest BCUT2D eigenvalue weighted by atomic mass is 79.9. The molecule has 0 atom stereocenters. The molecule has 26 heavy (non-hydrogen) atoms. The van der Waals surface area contributed by atoms with Crippen molar-refractivity contribution in [3.05, 3.63) is 33.1 Å². The molecule has 1 amide bonds. The van der Waals surface area contributed by atoms with E-state index < -0.39 is 0 Å². The van der Waals surface area contributed by atoms with Crippen molar-refractivity contribution >= 4 is 44.9 Å². The van der Waals surface area contributed by atoms with Crippen molar-refractivity contribution in [1.29, 1.82) is 0 Å². The molecule has 8 heteroatoms. The predicted molar refractivity (Wildman–Crippen MR) is 110 cm³/mol. The van der Waals surface area contributed by atoms with Crippen molar-refractivity contribution in [3.8, 4) is 0 Å². The van der Waals surface area contributed by atoms with Gasteiger partial charge in [0.1, 0.15) is 5.82 Å². The van der Waals surface area contributed by atoms with Gasteiger partial charge in [0, 0.05) is 32.9 Å². The van der Waals surface area contributed by atoms with Gasteiger partial charge in [-0.25, -0.2) is 4.98 Å². The molecule has 1 saturated carbocycles. The van der Waals surface area contributed by atoms with E-state index in [2.05, 4.69) is 36.5 Å². The Morgan fingerprint density at radius 1 is 1.27 bits per heavy atom. The molecule has 140 valence electrons. The van der Waals surface area contributed by atoms with Gasteiger partial charge in [0.05, 0.1) is 8.66 Å². The van der Waals surface area contributed by atoms with E-state index >= 15 is 0 Å². The monoisotopic (exact) mass is 437 g/mol. The number of nitrogens with zero attached hydrogens (tertiary/aromatic N) is 3. The fraction of sp³-hybridized carbons (Fsp3) is 0.500. The van der Waals surface area contributed by atoms with Gasteiger partial charge in [-0.1, -0.05) is 0 Å². The lowest BCUT2D eigenvalue weighted by atomic mass is 9.86. The standard InChI is InChI=1S/C18H24BrN5OS/c1-24(2)16-9-10-20-18(23-16)22-13-5-3-12(4-6-13)11-21-17(25)14-7-8-15(19)26-14/h7-10,12-13H,3-6,11H2,1-2H3,(H,21,25)(H,20,22,23). The Balaban J connectivity index is 1.43. The Morgan fingerprint density at radius 2 is 2.04 bits per heavy atom. The van der Waals surface area contributed by atoms with Crippen LogP contribution in [0.5, 0.6) is 0 Å². The molecule has 2 N–H and O–H groups in total. The largest absolute Gasteiger partial charge is 0.363 e. The molecule has 0 unspecified atom stereocenters. The predicted octanol–water partition coefficient (Wildman–Crippen LogP) is 3.77. The summed E-state index contributed by atoms with van der Waals surface area (Å²) in [7, 11) is 3.95. The topological polar surface area (TPSA) is 70.2 Å². The van der Waals surface area contributed by atoms with Gasteiger partial charge in [0.15, 0.2) is 0 Å². The van der Waals surface area contributed by atoms with Crippen molar-refractivity contribution in [1.82, 2.24) is 15.3 Å². The average Bonchev–Trinajstić information content (AvgIpc) is 3.07. The van der Waals surface area contributed by atoms with Crippen molar-refractivity contribution in [3.63, 3.8) is 0 Å². The number of halogens is 1. The molecule has 2 aromatic heterocycles. The Bertz CT molecular complexity index is 743. The summed E-state index contributed by atoms with van der Waals surface area (Å²) in [6.45, 7) is 0.744. The quantitative estimate of drug-likeness (QED) is 0.719. The lowest BCUT2D eigenvalue weighted by molar-refractivity contribution is 0.0947. The van der Waals surface area contributed by atoms with E-state index in [0.29, 0.717) is 17.9 Å². The summed E-state index contributed by atoms with van der Waals surface area (Å²) < 4.78 is 0.981. The average molecular weight is 438 g/mol. The van der Waals surface area contributed by atoms with Crippen LogP contribution in [0.3, 0.4) is 0 Å². The molecule has 1 aliphatic rings. The van der Waals surface area contributed by atoms with Crippen LogP contribution in [-0.4, -0.2) is 42.6 Å². The third kappa shape index (κ3) is 5.17. The number of aromatic nitrogens is 2. The third-order valence-electron chi connectivity index (χ3n) is 4.63. The molecule has 6 nitrogen and oxygen atoms in total. The van der Waals surface area contributed by atoms with E-state index in [1.807, 2.05) is 37.2 Å². The summed E-state index contributed by atoms with van der Waals surface area (Å²) in [5, 5.41) is 6.52. The minimum Gasteiger partial charge on any atom is -0.363 e. The van der Waals surface area contributed by atoms with Crippen molar-refractivity contribution in [2.24, 2.45) is 5.92 Å². The van der Waals surface area contributed by atoms with Crippen molar-refractivity contribution in [2.75, 3.05) is 30.9 Å². The van der Waals surface area contributed by atoms with Crippen LogP contribution >= 0.6 is 27.3 Å². The number of amides is 1. The first kappa shape index (κ1) is 19.1. The zero-order valence-electron chi connectivity index (χ0n) is 15.0. The summed E-state index contributed by atoms with van der Waals surface area (Å²) in [5.74, 6) is 2.15. The van der Waals surface area contributed by atoms with Gasteiger partial charge in [0.2, 0.25) is 5.95 Å². The first-order chi connectivity index (χ1) is 12.5. The Kier molecular flexibility index (Phi) is 6.48. The molecule has 0 spiro atoms. The van der Waals surface area contributed by atoms with Crippen LogP contribution < -0.4 is 15.5 Å². The maximum atomic E-state index is 12.1. The number of thiophene rings is 1. The number of nitrogens with one attached hydrogen (secondary N) is 2. The zero-order valence-corrected chi connectivity index (χ0v) is 17.4. The number of carbonyl (C=O) groups excluding carboxylic acids is 1. The van der Waals surface area contributed by atoms with Gasteiger partial charge in [0.25, 0.3) is 5.91 Å². The van der Waals surface area contributed by atoms with Gasteiger partial charge in [-0.05, 0) is 65.7 Å². The number of hydrogen-bond acceptors (Lipinski definition) is 6. The fourth-order valence-corrected chi connectivity index (χ4v) is 4.42. The van der Waals surface area contributed by atoms with Gasteiger partial charge < -0.3 is 15.5 Å². The lowest BCUT2D eigenvalue weighted by Gasteiger charge is -2.29. The first-order valence-electron chi connectivity index (χ1n) is 8.81. The molecular formula is C18H24BrN5OS. The normalized spacial score (nSPS) is 19.8. The van der Waals surface area contributed by atoms with Crippen LogP contribution in [0.25, 0.3) is 0 Å². The van der Waals surface area contributed by atoms with E-state index in [0.717, 1.165) is 46.7 Å². The first-order valence-corrected chi connectivity index (χ1v) is 10.4. The van der Waals surface area contributed by atoms with Crippen LogP contribution in [0.2, 0.25) is 0 Å². The second kappa shape index (κ2) is 8.81. The minimum absolute atomic E-state index is 0.0230. The Labute approximate surface area is 166 Å². The molecule has 0 aliphatic heterocycles. The van der Waals surface area contributed by atoms with Gasteiger partial charge in [-0.3, -0.25) is 4.79 Å². The fourth-order valence-electron chi connectivity index (χ4n) is 3.12. The smallest absolute Gasteiger partial charge is 0.261 e. The molecule has 1 fully saturated rings. The number of carbonyl (C=O) groups is 1. The molecule has 2 heterocycles. The number of hydrogen-bond donors (Lipinski definition) is 2. The van der Waals surface area contributed by atoms with Gasteiger partial charge >= 0.3 is 0 Å². The minimum atomic E-state index is 0.0230. The third-order valence-corrected chi connectivity index (χ3v) is 6.25. The highest BCUT2D eigenvalue weighted by Gasteiger charge is 2.22. The second-order valence-corrected chi connectivity index (χ2v) is 9.27. The van der Waals surface area contributed by atoms with Crippen LogP contribution in [0.4, 0.5) is 11.8 Å². The molecule has 0 bridgehead atoms. The van der Waals surface area contributed by atoms with E-state index in [-0.39, 0.29) is 5.91 Å². The molecular weight excluding hydrogens is 414 g/mol. The molecule has 2 aromatic rings. The van der Waals surface area contributed by atoms with Crippen LogP contribution in [0.1, 0.15) is 35.4 Å². The summed E-state index contributed by atoms with van der Waals surface area (Å²) in [5.41, 5.74) is 0. The van der Waals surface area contributed by atoms with E-state index in [1.54, 1.807) is 6.20 Å². The molecule has 0 aromatic carbocycles. The van der Waals surface area contributed by atoms with Crippen molar-refractivity contribution in [2.45, 2.75) is 31.7 Å². The van der Waals surface area contributed by atoms with Crippen molar-refractivity contribution < 1.29 is 4.79 Å². The molecule has 0 saturated heterocycles. The highest BCUT2D eigenvalue weighted by molar-refractivity contribution is 9.11. The number of anilines is 2. The van der Waals surface area contributed by atoms with E-state index in [9.17, 15) is 4.79 Å².